The summed E-state index contributed by atoms with van der Waals surface area (Å²) >= 11 is 0. The normalized spacial score (nSPS) is 16.9. The maximum absolute atomic E-state index is 6.77. The first-order valence-corrected chi connectivity index (χ1v) is 10.1. The minimum atomic E-state index is -1.93. The Kier molecular flexibility index (Phi) is 5.91. The van der Waals surface area contributed by atoms with Gasteiger partial charge in [-0.3, -0.25) is 0 Å². The number of ether oxygens (including phenoxy) is 1. The standard InChI is InChI=1S/C18H32O2Si/c1-12(2)21(13(3)4,14(5)6)20-17-11-10-15(7)16(8)18(17)19-9/h10,12-14H,8,11H2,1-7,9H3. The molecular weight excluding hydrogens is 276 g/mol. The Bertz CT molecular complexity index is 434. The van der Waals surface area contributed by atoms with Gasteiger partial charge in [-0.05, 0) is 29.1 Å². The van der Waals surface area contributed by atoms with E-state index in [-0.39, 0.29) is 0 Å². The molecule has 1 aliphatic carbocycles. The quantitative estimate of drug-likeness (QED) is 0.565. The number of hydrogen-bond donors (Lipinski definition) is 0. The minimum absolute atomic E-state index is 0.559. The van der Waals surface area contributed by atoms with Crippen LogP contribution in [-0.4, -0.2) is 15.4 Å². The van der Waals surface area contributed by atoms with Crippen molar-refractivity contribution in [2.45, 2.75) is 71.5 Å². The summed E-state index contributed by atoms with van der Waals surface area (Å²) in [5, 5.41) is 0. The average Bonchev–Trinajstić information content (AvgIpc) is 2.38. The molecule has 0 saturated carbocycles. The third kappa shape index (κ3) is 3.28. The molecule has 3 heteroatoms. The highest BCUT2D eigenvalue weighted by Gasteiger charge is 2.47. The van der Waals surface area contributed by atoms with E-state index in [4.69, 9.17) is 9.16 Å². The summed E-state index contributed by atoms with van der Waals surface area (Å²) in [5.74, 6) is 1.82. The zero-order chi connectivity index (χ0) is 16.4. The monoisotopic (exact) mass is 308 g/mol. The molecule has 0 heterocycles. The van der Waals surface area contributed by atoms with Crippen LogP contribution in [0.25, 0.3) is 0 Å². The smallest absolute Gasteiger partial charge is 0.258 e. The molecule has 2 nitrogen and oxygen atoms in total. The topological polar surface area (TPSA) is 18.5 Å². The highest BCUT2D eigenvalue weighted by atomic mass is 28.4. The molecule has 0 aromatic carbocycles. The number of rotatable bonds is 6. The lowest BCUT2D eigenvalue weighted by Crippen LogP contribution is -2.47. The Labute approximate surface area is 132 Å². The van der Waals surface area contributed by atoms with Crippen molar-refractivity contribution in [2.75, 3.05) is 7.11 Å². The van der Waals surface area contributed by atoms with E-state index in [9.17, 15) is 0 Å². The van der Waals surface area contributed by atoms with Crippen LogP contribution < -0.4 is 0 Å². The molecule has 0 atom stereocenters. The Hall–Kier alpha value is -0.963. The Balaban J connectivity index is 3.26. The van der Waals surface area contributed by atoms with E-state index in [1.807, 2.05) is 0 Å². The van der Waals surface area contributed by atoms with Crippen LogP contribution in [0.2, 0.25) is 16.6 Å². The van der Waals surface area contributed by atoms with Crippen molar-refractivity contribution in [3.63, 3.8) is 0 Å². The van der Waals surface area contributed by atoms with E-state index in [1.165, 1.54) is 5.57 Å². The highest BCUT2D eigenvalue weighted by molar-refractivity contribution is 6.77. The van der Waals surface area contributed by atoms with Gasteiger partial charge in [0.15, 0.2) is 5.76 Å². The molecule has 1 rings (SSSR count). The third-order valence-electron chi connectivity index (χ3n) is 4.81. The molecule has 0 aromatic rings. The van der Waals surface area contributed by atoms with Crippen LogP contribution in [0.5, 0.6) is 0 Å². The van der Waals surface area contributed by atoms with Gasteiger partial charge in [0, 0.05) is 12.0 Å². The fourth-order valence-corrected chi connectivity index (χ4v) is 9.01. The van der Waals surface area contributed by atoms with Gasteiger partial charge in [-0.25, -0.2) is 0 Å². The van der Waals surface area contributed by atoms with E-state index in [0.29, 0.717) is 16.6 Å². The second-order valence-corrected chi connectivity index (χ2v) is 12.3. The van der Waals surface area contributed by atoms with Gasteiger partial charge in [-0.2, -0.15) is 0 Å². The van der Waals surface area contributed by atoms with Crippen molar-refractivity contribution >= 4 is 8.32 Å². The molecule has 120 valence electrons. The zero-order valence-electron chi connectivity index (χ0n) is 15.0. The predicted molar refractivity (Wildman–Crippen MR) is 93.7 cm³/mol. The van der Waals surface area contributed by atoms with Crippen LogP contribution in [0.1, 0.15) is 54.9 Å². The van der Waals surface area contributed by atoms with Crippen molar-refractivity contribution < 1.29 is 9.16 Å². The first kappa shape index (κ1) is 18.1. The largest absolute Gasteiger partial charge is 0.543 e. The molecule has 21 heavy (non-hydrogen) atoms. The molecular formula is C18H32O2Si. The van der Waals surface area contributed by atoms with Crippen molar-refractivity contribution in [1.82, 2.24) is 0 Å². The van der Waals surface area contributed by atoms with Crippen molar-refractivity contribution in [3.8, 4) is 0 Å². The summed E-state index contributed by atoms with van der Waals surface area (Å²) in [6.07, 6.45) is 3.01. The third-order valence-corrected chi connectivity index (χ3v) is 10.8. The Morgan fingerprint density at radius 3 is 1.90 bits per heavy atom. The highest BCUT2D eigenvalue weighted by Crippen LogP contribution is 2.45. The van der Waals surface area contributed by atoms with Crippen LogP contribution in [0.4, 0.5) is 0 Å². The molecule has 0 N–H and O–H groups in total. The SMILES string of the molecule is C=C1C(C)=CCC(O[Si](C(C)C)(C(C)C)C(C)C)=C1OC. The van der Waals surface area contributed by atoms with Gasteiger partial charge in [0.1, 0.15) is 5.76 Å². The molecule has 0 bridgehead atoms. The van der Waals surface area contributed by atoms with Crippen LogP contribution >= 0.6 is 0 Å². The molecule has 0 aliphatic heterocycles. The zero-order valence-corrected chi connectivity index (χ0v) is 16.0. The molecule has 0 fully saturated rings. The summed E-state index contributed by atoms with van der Waals surface area (Å²) in [6.45, 7) is 20.0. The fraction of sp³-hybridized carbons (Fsp3) is 0.667. The van der Waals surface area contributed by atoms with Crippen molar-refractivity contribution in [3.05, 3.63) is 35.3 Å². The van der Waals surface area contributed by atoms with E-state index < -0.39 is 8.32 Å². The molecule has 0 unspecified atom stereocenters. The van der Waals surface area contributed by atoms with Gasteiger partial charge in [0.2, 0.25) is 0 Å². The lowest BCUT2D eigenvalue weighted by atomic mass is 10.00. The molecule has 0 amide bonds. The second kappa shape index (κ2) is 6.86. The van der Waals surface area contributed by atoms with E-state index in [2.05, 4.69) is 61.1 Å². The average molecular weight is 309 g/mol. The lowest BCUT2D eigenvalue weighted by Gasteiger charge is -2.43. The maximum atomic E-state index is 6.77. The Morgan fingerprint density at radius 1 is 1.05 bits per heavy atom. The van der Waals surface area contributed by atoms with Gasteiger partial charge in [-0.15, -0.1) is 0 Å². The summed E-state index contributed by atoms with van der Waals surface area (Å²) in [4.78, 5) is 0. The summed E-state index contributed by atoms with van der Waals surface area (Å²) in [7, 11) is -0.219. The van der Waals surface area contributed by atoms with Crippen LogP contribution in [-0.2, 0) is 9.16 Å². The first-order chi connectivity index (χ1) is 9.68. The van der Waals surface area contributed by atoms with E-state index in [0.717, 1.165) is 23.5 Å². The number of methoxy groups -OCH3 is 1. The first-order valence-electron chi connectivity index (χ1n) is 8.00. The minimum Gasteiger partial charge on any atom is -0.543 e. The van der Waals surface area contributed by atoms with Crippen LogP contribution in [0, 0.1) is 0 Å². The van der Waals surface area contributed by atoms with E-state index in [1.54, 1.807) is 7.11 Å². The number of hydrogen-bond acceptors (Lipinski definition) is 2. The van der Waals surface area contributed by atoms with Crippen molar-refractivity contribution in [2.24, 2.45) is 0 Å². The molecule has 1 aliphatic rings. The van der Waals surface area contributed by atoms with Crippen molar-refractivity contribution in [1.29, 1.82) is 0 Å². The van der Waals surface area contributed by atoms with Crippen LogP contribution in [0.3, 0.4) is 0 Å². The second-order valence-electron chi connectivity index (χ2n) is 6.95. The fourth-order valence-electron chi connectivity index (χ4n) is 3.70. The lowest BCUT2D eigenvalue weighted by molar-refractivity contribution is 0.255. The maximum Gasteiger partial charge on any atom is 0.258 e. The molecule has 0 saturated heterocycles. The predicted octanol–water partition coefficient (Wildman–Crippen LogP) is 5.94. The summed E-state index contributed by atoms with van der Waals surface area (Å²) in [6, 6.07) is 0. The van der Waals surface area contributed by atoms with Crippen LogP contribution in [0.15, 0.2) is 35.3 Å². The molecule has 0 aromatic heterocycles. The van der Waals surface area contributed by atoms with Gasteiger partial charge in [0.25, 0.3) is 8.32 Å². The van der Waals surface area contributed by atoms with Gasteiger partial charge < -0.3 is 9.16 Å². The van der Waals surface area contributed by atoms with E-state index >= 15 is 0 Å². The molecule has 0 spiro atoms. The summed E-state index contributed by atoms with van der Waals surface area (Å²) < 4.78 is 12.4. The number of allylic oxidation sites excluding steroid dienone is 2. The van der Waals surface area contributed by atoms with Gasteiger partial charge in [0.05, 0.1) is 7.11 Å². The Morgan fingerprint density at radius 2 is 1.52 bits per heavy atom. The van der Waals surface area contributed by atoms with Gasteiger partial charge in [-0.1, -0.05) is 54.2 Å². The van der Waals surface area contributed by atoms with Gasteiger partial charge >= 0.3 is 0 Å². The molecule has 0 radical (unpaired) electrons. The summed E-state index contributed by atoms with van der Waals surface area (Å²) in [5.41, 5.74) is 3.82.